The van der Waals surface area contributed by atoms with Crippen molar-refractivity contribution in [3.8, 4) is 0 Å². The fourth-order valence-electron chi connectivity index (χ4n) is 1.15. The van der Waals surface area contributed by atoms with Crippen LogP contribution in [0.4, 0.5) is 0 Å². The molecule has 0 rings (SSSR count). The lowest BCUT2D eigenvalue weighted by Crippen LogP contribution is -2.29. The molecule has 15 heavy (non-hydrogen) atoms. The molecule has 0 aliphatic carbocycles. The fraction of sp³-hybridized carbons (Fsp3) is 0.800. The maximum absolute atomic E-state index is 11.4. The number of nitrogens with zero attached hydrogens (tertiary/aromatic N) is 2. The van der Waals surface area contributed by atoms with Gasteiger partial charge in [-0.15, -0.1) is 0 Å². The minimum atomic E-state index is -0.926. The molecule has 88 valence electrons. The molecule has 0 bridgehead atoms. The number of carbonyl (C=O) groups excluding carboxylic acids is 1. The van der Waals surface area contributed by atoms with Crippen molar-refractivity contribution in [2.45, 2.75) is 19.3 Å². The molecule has 5 nitrogen and oxygen atoms in total. The molecule has 0 aliphatic rings. The summed E-state index contributed by atoms with van der Waals surface area (Å²) < 4.78 is 0. The minimum Gasteiger partial charge on any atom is -0.481 e. The highest BCUT2D eigenvalue weighted by atomic mass is 16.4. The van der Waals surface area contributed by atoms with E-state index in [1.807, 2.05) is 14.1 Å². The topological polar surface area (TPSA) is 60.9 Å². The first-order chi connectivity index (χ1) is 6.93. The highest BCUT2D eigenvalue weighted by Gasteiger charge is 2.10. The Bertz CT molecular complexity index is 217. The summed E-state index contributed by atoms with van der Waals surface area (Å²) in [4.78, 5) is 25.3. The number of amides is 1. The standard InChI is InChI=1S/C10H20N2O3/c1-11(2)7-4-8-12(3)9(13)5-6-10(14)15/h4-8H2,1-3H3,(H,14,15). The molecule has 1 amide bonds. The molecular formula is C10H20N2O3. The van der Waals surface area contributed by atoms with E-state index < -0.39 is 5.97 Å². The van der Waals surface area contributed by atoms with Crippen LogP contribution in [0.25, 0.3) is 0 Å². The average molecular weight is 216 g/mol. The second kappa shape index (κ2) is 7.23. The van der Waals surface area contributed by atoms with Gasteiger partial charge < -0.3 is 14.9 Å². The van der Waals surface area contributed by atoms with Crippen molar-refractivity contribution < 1.29 is 14.7 Å². The van der Waals surface area contributed by atoms with Crippen LogP contribution in [0.15, 0.2) is 0 Å². The quantitative estimate of drug-likeness (QED) is 0.663. The average Bonchev–Trinajstić information content (AvgIpc) is 2.13. The van der Waals surface area contributed by atoms with Gasteiger partial charge in [0.15, 0.2) is 0 Å². The van der Waals surface area contributed by atoms with E-state index in [0.29, 0.717) is 6.54 Å². The van der Waals surface area contributed by atoms with Crippen molar-refractivity contribution in [3.63, 3.8) is 0 Å². The largest absolute Gasteiger partial charge is 0.481 e. The van der Waals surface area contributed by atoms with Crippen LogP contribution in [0.3, 0.4) is 0 Å². The molecule has 0 atom stereocenters. The molecule has 0 heterocycles. The third-order valence-corrected chi connectivity index (χ3v) is 2.08. The molecular weight excluding hydrogens is 196 g/mol. The van der Waals surface area contributed by atoms with Crippen molar-refractivity contribution in [1.82, 2.24) is 9.80 Å². The molecule has 0 unspecified atom stereocenters. The number of rotatable bonds is 7. The normalized spacial score (nSPS) is 10.4. The molecule has 0 fully saturated rings. The summed E-state index contributed by atoms with van der Waals surface area (Å²) in [6.07, 6.45) is 0.910. The molecule has 0 radical (unpaired) electrons. The Hall–Kier alpha value is -1.10. The number of hydrogen-bond donors (Lipinski definition) is 1. The Morgan fingerprint density at radius 3 is 2.13 bits per heavy atom. The zero-order chi connectivity index (χ0) is 11.8. The van der Waals surface area contributed by atoms with Gasteiger partial charge in [0.1, 0.15) is 0 Å². The molecule has 0 aromatic rings. The van der Waals surface area contributed by atoms with Crippen LogP contribution in [0.1, 0.15) is 19.3 Å². The molecule has 0 saturated carbocycles. The van der Waals surface area contributed by atoms with E-state index in [4.69, 9.17) is 5.11 Å². The summed E-state index contributed by atoms with van der Waals surface area (Å²) in [5, 5.41) is 8.42. The van der Waals surface area contributed by atoms with E-state index >= 15 is 0 Å². The zero-order valence-corrected chi connectivity index (χ0v) is 9.69. The van der Waals surface area contributed by atoms with Gasteiger partial charge in [-0.1, -0.05) is 0 Å². The number of carboxylic acid groups (broad SMARTS) is 1. The maximum atomic E-state index is 11.4. The second-order valence-electron chi connectivity index (χ2n) is 3.87. The van der Waals surface area contributed by atoms with Crippen LogP contribution in [-0.2, 0) is 9.59 Å². The summed E-state index contributed by atoms with van der Waals surface area (Å²) in [7, 11) is 5.67. The van der Waals surface area contributed by atoms with E-state index in [1.54, 1.807) is 11.9 Å². The number of hydrogen-bond acceptors (Lipinski definition) is 3. The Morgan fingerprint density at radius 2 is 1.67 bits per heavy atom. The van der Waals surface area contributed by atoms with Crippen molar-refractivity contribution in [1.29, 1.82) is 0 Å². The monoisotopic (exact) mass is 216 g/mol. The molecule has 0 aromatic carbocycles. The van der Waals surface area contributed by atoms with Crippen LogP contribution >= 0.6 is 0 Å². The van der Waals surface area contributed by atoms with Crippen molar-refractivity contribution >= 4 is 11.9 Å². The fourth-order valence-corrected chi connectivity index (χ4v) is 1.15. The van der Waals surface area contributed by atoms with Crippen molar-refractivity contribution in [3.05, 3.63) is 0 Å². The van der Waals surface area contributed by atoms with Gasteiger partial charge in [0.25, 0.3) is 0 Å². The SMILES string of the molecule is CN(C)CCCN(C)C(=O)CCC(=O)O. The zero-order valence-electron chi connectivity index (χ0n) is 9.69. The maximum Gasteiger partial charge on any atom is 0.303 e. The van der Waals surface area contributed by atoms with Crippen LogP contribution in [-0.4, -0.2) is 61.0 Å². The highest BCUT2D eigenvalue weighted by molar-refractivity contribution is 5.80. The third kappa shape index (κ3) is 7.93. The summed E-state index contributed by atoms with van der Waals surface area (Å²) in [6, 6.07) is 0. The predicted octanol–water partition coefficient (Wildman–Crippen LogP) is 0.261. The molecule has 5 heteroatoms. The lowest BCUT2D eigenvalue weighted by Gasteiger charge is -2.18. The van der Waals surface area contributed by atoms with Gasteiger partial charge in [-0.3, -0.25) is 9.59 Å². The Balaban J connectivity index is 3.64. The first-order valence-corrected chi connectivity index (χ1v) is 5.04. The Kier molecular flexibility index (Phi) is 6.70. The van der Waals surface area contributed by atoms with Crippen LogP contribution in [0.5, 0.6) is 0 Å². The molecule has 1 N–H and O–H groups in total. The van der Waals surface area contributed by atoms with E-state index in [0.717, 1.165) is 13.0 Å². The third-order valence-electron chi connectivity index (χ3n) is 2.08. The van der Waals surface area contributed by atoms with Crippen molar-refractivity contribution in [2.24, 2.45) is 0 Å². The minimum absolute atomic E-state index is 0.0865. The summed E-state index contributed by atoms with van der Waals surface area (Å²) in [5.74, 6) is -1.03. The number of aliphatic carboxylic acids is 1. The lowest BCUT2D eigenvalue weighted by molar-refractivity contribution is -0.140. The first-order valence-electron chi connectivity index (χ1n) is 5.04. The summed E-state index contributed by atoms with van der Waals surface area (Å²) >= 11 is 0. The second-order valence-corrected chi connectivity index (χ2v) is 3.87. The van der Waals surface area contributed by atoms with Gasteiger partial charge in [-0.05, 0) is 27.1 Å². The predicted molar refractivity (Wildman–Crippen MR) is 57.7 cm³/mol. The highest BCUT2D eigenvalue weighted by Crippen LogP contribution is 1.97. The number of carbonyl (C=O) groups is 2. The summed E-state index contributed by atoms with van der Waals surface area (Å²) in [5.41, 5.74) is 0. The molecule has 0 aromatic heterocycles. The van der Waals surface area contributed by atoms with Gasteiger partial charge in [-0.2, -0.15) is 0 Å². The van der Waals surface area contributed by atoms with Crippen LogP contribution in [0.2, 0.25) is 0 Å². The molecule has 0 aliphatic heterocycles. The van der Waals surface area contributed by atoms with Crippen molar-refractivity contribution in [2.75, 3.05) is 34.2 Å². The Morgan fingerprint density at radius 1 is 1.07 bits per heavy atom. The van der Waals surface area contributed by atoms with E-state index in [2.05, 4.69) is 4.90 Å². The smallest absolute Gasteiger partial charge is 0.303 e. The Labute approximate surface area is 90.7 Å². The lowest BCUT2D eigenvalue weighted by atomic mass is 10.2. The van der Waals surface area contributed by atoms with Gasteiger partial charge in [-0.25, -0.2) is 0 Å². The first kappa shape index (κ1) is 13.9. The molecule has 0 saturated heterocycles. The molecule has 0 spiro atoms. The van der Waals surface area contributed by atoms with Crippen LogP contribution < -0.4 is 0 Å². The van der Waals surface area contributed by atoms with E-state index in [1.165, 1.54) is 0 Å². The van der Waals surface area contributed by atoms with E-state index in [-0.39, 0.29) is 18.7 Å². The van der Waals surface area contributed by atoms with Gasteiger partial charge in [0.2, 0.25) is 5.91 Å². The van der Waals surface area contributed by atoms with Gasteiger partial charge in [0.05, 0.1) is 6.42 Å². The number of carboxylic acids is 1. The van der Waals surface area contributed by atoms with Gasteiger partial charge in [0, 0.05) is 20.0 Å². The van der Waals surface area contributed by atoms with Gasteiger partial charge >= 0.3 is 5.97 Å². The van der Waals surface area contributed by atoms with E-state index in [9.17, 15) is 9.59 Å². The summed E-state index contributed by atoms with van der Waals surface area (Å²) in [6.45, 7) is 1.60. The van der Waals surface area contributed by atoms with Crippen LogP contribution in [0, 0.1) is 0 Å².